The van der Waals surface area contributed by atoms with Crippen LogP contribution in [0.5, 0.6) is 0 Å². The van der Waals surface area contributed by atoms with Crippen LogP contribution in [0.3, 0.4) is 0 Å². The number of amides is 2. The third-order valence-electron chi connectivity index (χ3n) is 4.27. The van der Waals surface area contributed by atoms with Crippen molar-refractivity contribution in [3.8, 4) is 0 Å². The molecule has 1 fully saturated rings. The summed E-state index contributed by atoms with van der Waals surface area (Å²) in [7, 11) is 0. The lowest BCUT2D eigenvalue weighted by Crippen LogP contribution is -2.30. The van der Waals surface area contributed by atoms with Gasteiger partial charge in [-0.15, -0.1) is 11.3 Å². The number of carbonyl (C=O) groups excluding carboxylic acids is 2. The smallest absolute Gasteiger partial charge is 0.276 e. The van der Waals surface area contributed by atoms with Gasteiger partial charge in [-0.25, -0.2) is 0 Å². The van der Waals surface area contributed by atoms with Gasteiger partial charge in [0.05, 0.1) is 17.5 Å². The summed E-state index contributed by atoms with van der Waals surface area (Å²) in [5.41, 5.74) is 0.967. The van der Waals surface area contributed by atoms with E-state index in [1.165, 1.54) is 23.9 Å². The fraction of sp³-hybridized carbons (Fsp3) is 0.294. The highest BCUT2D eigenvalue weighted by Crippen LogP contribution is 2.36. The van der Waals surface area contributed by atoms with Gasteiger partial charge in [-0.2, -0.15) is 0 Å². The molecule has 134 valence electrons. The zero-order valence-electron chi connectivity index (χ0n) is 13.8. The average molecular weight is 372 g/mol. The summed E-state index contributed by atoms with van der Waals surface area (Å²) >= 11 is 1.40. The van der Waals surface area contributed by atoms with E-state index < -0.39 is 0 Å². The number of carbonyl (C=O) groups is 2. The molecule has 3 aromatic rings. The molecule has 0 spiro atoms. The van der Waals surface area contributed by atoms with E-state index in [0.717, 1.165) is 17.7 Å². The van der Waals surface area contributed by atoms with Crippen molar-refractivity contribution >= 4 is 23.2 Å². The predicted molar refractivity (Wildman–Crippen MR) is 91.5 cm³/mol. The molecule has 0 radical (unpaired) electrons. The molecular weight excluding hydrogens is 356 g/mol. The van der Waals surface area contributed by atoms with Crippen LogP contribution < -0.4 is 5.32 Å². The quantitative estimate of drug-likeness (QED) is 0.739. The van der Waals surface area contributed by atoms with Crippen molar-refractivity contribution in [2.75, 3.05) is 6.54 Å². The van der Waals surface area contributed by atoms with Gasteiger partial charge in [0.2, 0.25) is 0 Å². The Morgan fingerprint density at radius 2 is 2.04 bits per heavy atom. The summed E-state index contributed by atoms with van der Waals surface area (Å²) in [6.45, 7) is 0.977. The van der Waals surface area contributed by atoms with Crippen LogP contribution >= 0.6 is 11.3 Å². The number of nitrogens with one attached hydrogen (secondary N) is 1. The molecule has 0 aromatic carbocycles. The molecule has 26 heavy (non-hydrogen) atoms. The van der Waals surface area contributed by atoms with Gasteiger partial charge < -0.3 is 19.3 Å². The van der Waals surface area contributed by atoms with Crippen molar-refractivity contribution in [3.05, 3.63) is 57.9 Å². The maximum Gasteiger partial charge on any atom is 0.276 e. The molecule has 1 aliphatic heterocycles. The van der Waals surface area contributed by atoms with Crippen LogP contribution in [0.15, 0.2) is 45.8 Å². The molecule has 1 N–H and O–H groups in total. The Morgan fingerprint density at radius 1 is 1.19 bits per heavy atom. The number of aromatic nitrogens is 2. The Bertz CT molecular complexity index is 888. The highest BCUT2D eigenvalue weighted by atomic mass is 32.1. The van der Waals surface area contributed by atoms with Crippen LogP contribution in [0.25, 0.3) is 0 Å². The first-order valence-electron chi connectivity index (χ1n) is 8.21. The minimum Gasteiger partial charge on any atom is -0.364 e. The highest BCUT2D eigenvalue weighted by Gasteiger charge is 2.33. The van der Waals surface area contributed by atoms with Gasteiger partial charge in [0.1, 0.15) is 18.2 Å². The average Bonchev–Trinajstić information content (AvgIpc) is 3.45. The Kier molecular flexibility index (Phi) is 4.53. The highest BCUT2D eigenvalue weighted by molar-refractivity contribution is 7.14. The van der Waals surface area contributed by atoms with E-state index >= 15 is 0 Å². The number of thiophene rings is 1. The summed E-state index contributed by atoms with van der Waals surface area (Å²) < 4.78 is 9.51. The summed E-state index contributed by atoms with van der Waals surface area (Å²) in [6.07, 6.45) is 4.63. The van der Waals surface area contributed by atoms with Crippen LogP contribution in [-0.4, -0.2) is 33.6 Å². The molecule has 0 aliphatic carbocycles. The van der Waals surface area contributed by atoms with E-state index in [1.54, 1.807) is 23.1 Å². The van der Waals surface area contributed by atoms with E-state index in [4.69, 9.17) is 9.05 Å². The minimum atomic E-state index is -0.170. The monoisotopic (exact) mass is 372 g/mol. The van der Waals surface area contributed by atoms with Crippen molar-refractivity contribution < 1.29 is 18.6 Å². The van der Waals surface area contributed by atoms with Crippen molar-refractivity contribution in [2.45, 2.75) is 25.4 Å². The molecule has 8 nitrogen and oxygen atoms in total. The van der Waals surface area contributed by atoms with E-state index in [1.807, 2.05) is 6.07 Å². The molecule has 0 bridgehead atoms. The number of nitrogens with zero attached hydrogens (tertiary/aromatic N) is 3. The van der Waals surface area contributed by atoms with Crippen LogP contribution in [0.1, 0.15) is 49.6 Å². The molecule has 3 aromatic heterocycles. The van der Waals surface area contributed by atoms with Gasteiger partial charge in [0.25, 0.3) is 11.8 Å². The van der Waals surface area contributed by atoms with Gasteiger partial charge in [-0.05, 0) is 25.0 Å². The molecule has 1 saturated heterocycles. The fourth-order valence-corrected chi connectivity index (χ4v) is 4.09. The maximum atomic E-state index is 12.6. The van der Waals surface area contributed by atoms with E-state index in [9.17, 15) is 9.59 Å². The summed E-state index contributed by atoms with van der Waals surface area (Å²) in [5.74, 6) is -0.316. The Labute approximate surface area is 152 Å². The van der Waals surface area contributed by atoms with Crippen LogP contribution in [0.2, 0.25) is 0 Å². The van der Waals surface area contributed by atoms with Crippen molar-refractivity contribution in [2.24, 2.45) is 0 Å². The third kappa shape index (κ3) is 3.25. The number of hydrogen-bond acceptors (Lipinski definition) is 7. The zero-order chi connectivity index (χ0) is 17.9. The largest absolute Gasteiger partial charge is 0.364 e. The lowest BCUT2D eigenvalue weighted by molar-refractivity contribution is 0.0727. The van der Waals surface area contributed by atoms with E-state index in [-0.39, 0.29) is 17.9 Å². The molecular formula is C17H16N4O4S. The van der Waals surface area contributed by atoms with E-state index in [2.05, 4.69) is 15.6 Å². The summed E-state index contributed by atoms with van der Waals surface area (Å²) in [5, 5.41) is 10.3. The van der Waals surface area contributed by atoms with Gasteiger partial charge in [0.15, 0.2) is 5.69 Å². The Morgan fingerprint density at radius 3 is 2.81 bits per heavy atom. The van der Waals surface area contributed by atoms with Crippen LogP contribution in [0.4, 0.5) is 0 Å². The molecule has 9 heteroatoms. The van der Waals surface area contributed by atoms with Gasteiger partial charge in [0, 0.05) is 23.6 Å². The second-order valence-electron chi connectivity index (χ2n) is 5.92. The van der Waals surface area contributed by atoms with Crippen molar-refractivity contribution in [1.29, 1.82) is 0 Å². The summed E-state index contributed by atoms with van der Waals surface area (Å²) in [4.78, 5) is 28.3. The standard InChI is InChI=1S/C17H16N4O4S/c22-16(18-10-11-5-8-24-19-11)15-4-3-14(26-15)13-2-1-7-21(13)17(23)12-6-9-25-20-12/h3-6,8-9,13H,1-2,7,10H2,(H,18,22)/t13-/m0/s1. The lowest BCUT2D eigenvalue weighted by Gasteiger charge is -2.22. The SMILES string of the molecule is O=C(NCc1ccon1)c1ccc([C@@H]2CCCN2C(=O)c2ccon2)s1. The first kappa shape index (κ1) is 16.5. The molecule has 1 aliphatic rings. The summed E-state index contributed by atoms with van der Waals surface area (Å²) in [6, 6.07) is 6.92. The van der Waals surface area contributed by atoms with Gasteiger partial charge >= 0.3 is 0 Å². The molecule has 0 saturated carbocycles. The predicted octanol–water partition coefficient (Wildman–Crippen LogP) is 2.63. The molecule has 4 heterocycles. The maximum absolute atomic E-state index is 12.6. The zero-order valence-corrected chi connectivity index (χ0v) is 14.6. The van der Waals surface area contributed by atoms with Gasteiger partial charge in [-0.3, -0.25) is 9.59 Å². The molecule has 2 amide bonds. The number of hydrogen-bond donors (Lipinski definition) is 1. The Hall–Kier alpha value is -2.94. The number of rotatable bonds is 5. The third-order valence-corrected chi connectivity index (χ3v) is 5.46. The topological polar surface area (TPSA) is 101 Å². The van der Waals surface area contributed by atoms with E-state index in [0.29, 0.717) is 29.4 Å². The van der Waals surface area contributed by atoms with Crippen LogP contribution in [-0.2, 0) is 6.54 Å². The van der Waals surface area contributed by atoms with Crippen LogP contribution in [0, 0.1) is 0 Å². The first-order chi connectivity index (χ1) is 12.7. The molecule has 1 atom stereocenters. The normalized spacial score (nSPS) is 16.8. The Balaban J connectivity index is 1.44. The second-order valence-corrected chi connectivity index (χ2v) is 7.03. The fourth-order valence-electron chi connectivity index (χ4n) is 3.02. The first-order valence-corrected chi connectivity index (χ1v) is 9.02. The van der Waals surface area contributed by atoms with Gasteiger partial charge in [-0.1, -0.05) is 10.3 Å². The number of likely N-dealkylation sites (tertiary alicyclic amines) is 1. The lowest BCUT2D eigenvalue weighted by atomic mass is 10.2. The minimum absolute atomic E-state index is 0.0405. The molecule has 0 unspecified atom stereocenters. The molecule has 4 rings (SSSR count). The second kappa shape index (κ2) is 7.12. The van der Waals surface area contributed by atoms with Crippen molar-refractivity contribution in [1.82, 2.24) is 20.5 Å². The van der Waals surface area contributed by atoms with Crippen molar-refractivity contribution in [3.63, 3.8) is 0 Å².